The predicted molar refractivity (Wildman–Crippen MR) is 65.6 cm³/mol. The first-order valence-electron chi connectivity index (χ1n) is 6.37. The molecule has 3 N–H and O–H groups in total. The summed E-state index contributed by atoms with van der Waals surface area (Å²) in [4.78, 5) is 13.3. The van der Waals surface area contributed by atoms with E-state index in [4.69, 9.17) is 5.84 Å². The molecule has 0 saturated heterocycles. The molecule has 1 fully saturated rings. The van der Waals surface area contributed by atoms with Crippen LogP contribution in [0.4, 0.5) is 0 Å². The van der Waals surface area contributed by atoms with Crippen LogP contribution in [0.2, 0.25) is 0 Å². The first-order valence-corrected chi connectivity index (χ1v) is 6.37. The number of hydrogen-bond donors (Lipinski definition) is 2. The summed E-state index contributed by atoms with van der Waals surface area (Å²) in [5.41, 5.74) is 2.17. The number of nitrogens with zero attached hydrogens (tertiary/aromatic N) is 1. The number of nitrogens with one attached hydrogen (secondary N) is 1. The van der Waals surface area contributed by atoms with E-state index < -0.39 is 0 Å². The molecule has 1 aliphatic rings. The number of nitrogens with two attached hydrogens (primary N) is 1. The van der Waals surface area contributed by atoms with E-state index >= 15 is 0 Å². The van der Waals surface area contributed by atoms with E-state index in [1.807, 2.05) is 0 Å². The van der Waals surface area contributed by atoms with Crippen LogP contribution in [0, 0.1) is 5.92 Å². The minimum Gasteiger partial charge on any atom is -0.303 e. The number of rotatable bonds is 5. The van der Waals surface area contributed by atoms with Gasteiger partial charge in [-0.15, -0.1) is 0 Å². The van der Waals surface area contributed by atoms with Gasteiger partial charge in [0.15, 0.2) is 0 Å². The third-order valence-electron chi connectivity index (χ3n) is 3.87. The summed E-state index contributed by atoms with van der Waals surface area (Å²) in [5, 5.41) is 0. The van der Waals surface area contributed by atoms with Crippen LogP contribution in [0.15, 0.2) is 0 Å². The maximum absolute atomic E-state index is 11.0. The molecule has 4 nitrogen and oxygen atoms in total. The topological polar surface area (TPSA) is 58.4 Å². The Morgan fingerprint density at radius 3 is 2.50 bits per heavy atom. The van der Waals surface area contributed by atoms with Crippen molar-refractivity contribution in [3.05, 3.63) is 0 Å². The predicted octanol–water partition coefficient (Wildman–Crippen LogP) is 1.27. The van der Waals surface area contributed by atoms with Gasteiger partial charge in [0.05, 0.1) is 0 Å². The SMILES string of the molecule is CCC1CCC(N(C)CCC(=O)NN)CC1. The summed E-state index contributed by atoms with van der Waals surface area (Å²) in [5.74, 6) is 5.91. The molecule has 1 aliphatic carbocycles. The summed E-state index contributed by atoms with van der Waals surface area (Å²) in [7, 11) is 2.11. The van der Waals surface area contributed by atoms with Crippen LogP contribution in [-0.4, -0.2) is 30.4 Å². The van der Waals surface area contributed by atoms with Crippen LogP contribution in [0.25, 0.3) is 0 Å². The molecule has 16 heavy (non-hydrogen) atoms. The second kappa shape index (κ2) is 6.86. The molecule has 1 saturated carbocycles. The highest BCUT2D eigenvalue weighted by molar-refractivity contribution is 5.75. The largest absolute Gasteiger partial charge is 0.303 e. The van der Waals surface area contributed by atoms with Gasteiger partial charge >= 0.3 is 0 Å². The Kier molecular flexibility index (Phi) is 5.77. The molecule has 0 unspecified atom stereocenters. The van der Waals surface area contributed by atoms with E-state index in [-0.39, 0.29) is 5.91 Å². The van der Waals surface area contributed by atoms with E-state index in [0.717, 1.165) is 12.5 Å². The highest BCUT2D eigenvalue weighted by atomic mass is 16.2. The fraction of sp³-hybridized carbons (Fsp3) is 0.917. The lowest BCUT2D eigenvalue weighted by molar-refractivity contribution is -0.121. The standard InChI is InChI=1S/C12H25N3O/c1-3-10-4-6-11(7-5-10)15(2)9-8-12(16)14-13/h10-11H,3-9,13H2,1-2H3,(H,14,16). The van der Waals surface area contributed by atoms with Gasteiger partial charge in [-0.05, 0) is 38.6 Å². The Morgan fingerprint density at radius 1 is 1.38 bits per heavy atom. The third kappa shape index (κ3) is 4.10. The molecular weight excluding hydrogens is 202 g/mol. The molecule has 0 radical (unpaired) electrons. The van der Waals surface area contributed by atoms with Gasteiger partial charge in [-0.3, -0.25) is 10.2 Å². The Morgan fingerprint density at radius 2 is 2.00 bits per heavy atom. The Balaban J connectivity index is 2.22. The van der Waals surface area contributed by atoms with Crippen LogP contribution in [-0.2, 0) is 4.79 Å². The lowest BCUT2D eigenvalue weighted by Gasteiger charge is -2.34. The van der Waals surface area contributed by atoms with Crippen molar-refractivity contribution in [2.75, 3.05) is 13.6 Å². The summed E-state index contributed by atoms with van der Waals surface area (Å²) in [6.45, 7) is 3.09. The maximum Gasteiger partial charge on any atom is 0.235 e. The van der Waals surface area contributed by atoms with Crippen LogP contribution < -0.4 is 11.3 Å². The van der Waals surface area contributed by atoms with E-state index in [9.17, 15) is 4.79 Å². The van der Waals surface area contributed by atoms with Crippen LogP contribution in [0.1, 0.15) is 45.4 Å². The quantitative estimate of drug-likeness (QED) is 0.422. The fourth-order valence-corrected chi connectivity index (χ4v) is 2.53. The van der Waals surface area contributed by atoms with Crippen molar-refractivity contribution < 1.29 is 4.79 Å². The van der Waals surface area contributed by atoms with Crippen molar-refractivity contribution in [3.63, 3.8) is 0 Å². The van der Waals surface area contributed by atoms with Crippen molar-refractivity contribution in [2.24, 2.45) is 11.8 Å². The van der Waals surface area contributed by atoms with Gasteiger partial charge in [-0.1, -0.05) is 13.3 Å². The van der Waals surface area contributed by atoms with E-state index in [1.54, 1.807) is 0 Å². The van der Waals surface area contributed by atoms with E-state index in [1.165, 1.54) is 32.1 Å². The van der Waals surface area contributed by atoms with Gasteiger partial charge < -0.3 is 4.90 Å². The van der Waals surface area contributed by atoms with Crippen molar-refractivity contribution in [1.29, 1.82) is 0 Å². The molecule has 0 aromatic rings. The van der Waals surface area contributed by atoms with E-state index in [0.29, 0.717) is 12.5 Å². The molecule has 1 rings (SSSR count). The van der Waals surface area contributed by atoms with Crippen molar-refractivity contribution in [2.45, 2.75) is 51.5 Å². The Labute approximate surface area is 98.5 Å². The molecular formula is C12H25N3O. The second-order valence-electron chi connectivity index (χ2n) is 4.88. The van der Waals surface area contributed by atoms with Gasteiger partial charge in [-0.2, -0.15) is 0 Å². The van der Waals surface area contributed by atoms with Gasteiger partial charge in [-0.25, -0.2) is 5.84 Å². The molecule has 0 aromatic heterocycles. The molecule has 0 atom stereocenters. The molecule has 0 heterocycles. The number of amides is 1. The highest BCUT2D eigenvalue weighted by Gasteiger charge is 2.22. The number of hydrazine groups is 1. The summed E-state index contributed by atoms with van der Waals surface area (Å²) >= 11 is 0. The molecule has 0 aliphatic heterocycles. The molecule has 0 bridgehead atoms. The summed E-state index contributed by atoms with van der Waals surface area (Å²) < 4.78 is 0. The van der Waals surface area contributed by atoms with Crippen molar-refractivity contribution in [3.8, 4) is 0 Å². The number of hydrogen-bond acceptors (Lipinski definition) is 3. The molecule has 0 spiro atoms. The molecule has 1 amide bonds. The van der Waals surface area contributed by atoms with Crippen LogP contribution >= 0.6 is 0 Å². The smallest absolute Gasteiger partial charge is 0.235 e. The van der Waals surface area contributed by atoms with E-state index in [2.05, 4.69) is 24.3 Å². The fourth-order valence-electron chi connectivity index (χ4n) is 2.53. The number of carbonyl (C=O) groups is 1. The van der Waals surface area contributed by atoms with Gasteiger partial charge in [0.25, 0.3) is 0 Å². The van der Waals surface area contributed by atoms with Gasteiger partial charge in [0.1, 0.15) is 0 Å². The average Bonchev–Trinajstić information content (AvgIpc) is 2.35. The number of carbonyl (C=O) groups excluding carboxylic acids is 1. The lowest BCUT2D eigenvalue weighted by atomic mass is 9.84. The third-order valence-corrected chi connectivity index (χ3v) is 3.87. The molecule has 4 heteroatoms. The molecule has 94 valence electrons. The zero-order valence-electron chi connectivity index (χ0n) is 10.5. The first-order chi connectivity index (χ1) is 7.67. The second-order valence-corrected chi connectivity index (χ2v) is 4.88. The minimum atomic E-state index is -0.0749. The van der Waals surface area contributed by atoms with Gasteiger partial charge in [0, 0.05) is 19.0 Å². The maximum atomic E-state index is 11.0. The average molecular weight is 227 g/mol. The summed E-state index contributed by atoms with van der Waals surface area (Å²) in [6, 6.07) is 0.661. The zero-order chi connectivity index (χ0) is 12.0. The Hall–Kier alpha value is -0.610. The monoisotopic (exact) mass is 227 g/mol. The van der Waals surface area contributed by atoms with Crippen molar-refractivity contribution in [1.82, 2.24) is 10.3 Å². The van der Waals surface area contributed by atoms with Crippen LogP contribution in [0.5, 0.6) is 0 Å². The molecule has 0 aromatic carbocycles. The lowest BCUT2D eigenvalue weighted by Crippen LogP contribution is -2.38. The van der Waals surface area contributed by atoms with Gasteiger partial charge in [0.2, 0.25) is 5.91 Å². The first kappa shape index (κ1) is 13.5. The highest BCUT2D eigenvalue weighted by Crippen LogP contribution is 2.28. The summed E-state index contributed by atoms with van der Waals surface area (Å²) in [6.07, 6.45) is 7.05. The normalized spacial score (nSPS) is 25.8. The van der Waals surface area contributed by atoms with Crippen LogP contribution in [0.3, 0.4) is 0 Å². The zero-order valence-corrected chi connectivity index (χ0v) is 10.5. The Bertz CT molecular complexity index is 212. The van der Waals surface area contributed by atoms with Crippen molar-refractivity contribution >= 4 is 5.91 Å². The minimum absolute atomic E-state index is 0.0749.